The Labute approximate surface area is 119 Å². The lowest BCUT2D eigenvalue weighted by atomic mass is 9.98. The maximum absolute atomic E-state index is 14.0. The van der Waals surface area contributed by atoms with Crippen molar-refractivity contribution in [3.8, 4) is 23.0 Å². The molecule has 0 spiro atoms. The first kappa shape index (κ1) is 14.6. The van der Waals surface area contributed by atoms with Crippen molar-refractivity contribution in [2.45, 2.75) is 6.92 Å². The SMILES string of the molecule is COc1cc(O)cc(F)c1C(=O)c1c(O)cc(C)cc1O. The third kappa shape index (κ3) is 2.60. The monoisotopic (exact) mass is 292 g/mol. The van der Waals surface area contributed by atoms with E-state index in [2.05, 4.69) is 0 Å². The number of halogens is 1. The number of phenolic OH excluding ortho intramolecular Hbond substituents is 3. The van der Waals surface area contributed by atoms with Gasteiger partial charge in [0.25, 0.3) is 0 Å². The predicted molar refractivity (Wildman–Crippen MR) is 72.6 cm³/mol. The number of methoxy groups -OCH3 is 1. The highest BCUT2D eigenvalue weighted by molar-refractivity contribution is 6.14. The molecule has 0 bridgehead atoms. The second-order valence-electron chi connectivity index (χ2n) is 4.51. The topological polar surface area (TPSA) is 87.0 Å². The normalized spacial score (nSPS) is 10.4. The first-order chi connectivity index (χ1) is 9.85. The van der Waals surface area contributed by atoms with Crippen LogP contribution in [0.4, 0.5) is 4.39 Å². The van der Waals surface area contributed by atoms with Gasteiger partial charge in [0.15, 0.2) is 0 Å². The molecule has 0 saturated heterocycles. The molecule has 2 aromatic carbocycles. The van der Waals surface area contributed by atoms with E-state index in [0.29, 0.717) is 5.56 Å². The number of ether oxygens (including phenoxy) is 1. The average Bonchev–Trinajstić information content (AvgIpc) is 2.35. The summed E-state index contributed by atoms with van der Waals surface area (Å²) in [4.78, 5) is 12.4. The van der Waals surface area contributed by atoms with Gasteiger partial charge in [0.05, 0.1) is 7.11 Å². The molecule has 3 N–H and O–H groups in total. The number of aryl methyl sites for hydroxylation is 1. The molecule has 0 atom stereocenters. The van der Waals surface area contributed by atoms with Gasteiger partial charge < -0.3 is 20.1 Å². The van der Waals surface area contributed by atoms with Crippen molar-refractivity contribution in [2.75, 3.05) is 7.11 Å². The number of carbonyl (C=O) groups excluding carboxylic acids is 1. The van der Waals surface area contributed by atoms with Gasteiger partial charge in [-0.2, -0.15) is 0 Å². The molecule has 0 aromatic heterocycles. The van der Waals surface area contributed by atoms with Crippen LogP contribution in [0.25, 0.3) is 0 Å². The molecular formula is C15H13FO5. The van der Waals surface area contributed by atoms with E-state index in [-0.39, 0.29) is 5.75 Å². The summed E-state index contributed by atoms with van der Waals surface area (Å²) in [5.74, 6) is -3.50. The highest BCUT2D eigenvalue weighted by Gasteiger charge is 2.25. The van der Waals surface area contributed by atoms with E-state index in [1.807, 2.05) is 0 Å². The third-order valence-corrected chi connectivity index (χ3v) is 2.95. The van der Waals surface area contributed by atoms with Crippen molar-refractivity contribution in [1.82, 2.24) is 0 Å². The quantitative estimate of drug-likeness (QED) is 0.757. The van der Waals surface area contributed by atoms with E-state index in [0.717, 1.165) is 12.1 Å². The Bertz CT molecular complexity index is 701. The fourth-order valence-electron chi connectivity index (χ4n) is 2.06. The summed E-state index contributed by atoms with van der Waals surface area (Å²) in [7, 11) is 1.21. The fourth-order valence-corrected chi connectivity index (χ4v) is 2.06. The third-order valence-electron chi connectivity index (χ3n) is 2.95. The maximum Gasteiger partial charge on any atom is 0.207 e. The standard InChI is InChI=1S/C15H13FO5/c1-7-3-10(18)14(11(19)4-7)15(20)13-9(16)5-8(17)6-12(13)21-2/h3-6,17-19H,1-2H3. The van der Waals surface area contributed by atoms with Crippen molar-refractivity contribution >= 4 is 5.78 Å². The van der Waals surface area contributed by atoms with E-state index in [9.17, 15) is 24.5 Å². The van der Waals surface area contributed by atoms with Gasteiger partial charge in [0, 0.05) is 12.1 Å². The number of benzene rings is 2. The van der Waals surface area contributed by atoms with Crippen molar-refractivity contribution in [3.63, 3.8) is 0 Å². The Morgan fingerprint density at radius 2 is 1.62 bits per heavy atom. The fraction of sp³-hybridized carbons (Fsp3) is 0.133. The molecule has 0 heterocycles. The largest absolute Gasteiger partial charge is 0.508 e. The first-order valence-electron chi connectivity index (χ1n) is 5.99. The molecule has 0 radical (unpaired) electrons. The van der Waals surface area contributed by atoms with Crippen LogP contribution < -0.4 is 4.74 Å². The molecule has 0 aliphatic heterocycles. The Hall–Kier alpha value is -2.76. The average molecular weight is 292 g/mol. The maximum atomic E-state index is 14.0. The summed E-state index contributed by atoms with van der Waals surface area (Å²) in [5.41, 5.74) is -0.368. The van der Waals surface area contributed by atoms with Gasteiger partial charge in [-0.1, -0.05) is 0 Å². The minimum atomic E-state index is -1.02. The molecule has 0 saturated carbocycles. The number of ketones is 1. The lowest BCUT2D eigenvalue weighted by molar-refractivity contribution is 0.102. The number of rotatable bonds is 3. The lowest BCUT2D eigenvalue weighted by Crippen LogP contribution is -2.08. The van der Waals surface area contributed by atoms with Gasteiger partial charge in [-0.3, -0.25) is 4.79 Å². The van der Waals surface area contributed by atoms with Gasteiger partial charge in [-0.25, -0.2) is 4.39 Å². The van der Waals surface area contributed by atoms with Crippen LogP contribution in [-0.4, -0.2) is 28.2 Å². The number of hydrogen-bond donors (Lipinski definition) is 3. The molecule has 2 rings (SSSR count). The van der Waals surface area contributed by atoms with Crippen LogP contribution in [0.5, 0.6) is 23.0 Å². The molecular weight excluding hydrogens is 279 g/mol. The number of hydrogen-bond acceptors (Lipinski definition) is 5. The van der Waals surface area contributed by atoms with E-state index in [1.54, 1.807) is 6.92 Å². The van der Waals surface area contributed by atoms with Crippen molar-refractivity contribution in [2.24, 2.45) is 0 Å². The minimum absolute atomic E-state index is 0.197. The van der Waals surface area contributed by atoms with Gasteiger partial charge in [0.2, 0.25) is 5.78 Å². The molecule has 2 aromatic rings. The zero-order valence-electron chi connectivity index (χ0n) is 11.3. The molecule has 21 heavy (non-hydrogen) atoms. The number of carbonyl (C=O) groups is 1. The van der Waals surface area contributed by atoms with Crippen LogP contribution in [0.2, 0.25) is 0 Å². The molecule has 110 valence electrons. The van der Waals surface area contributed by atoms with Crippen LogP contribution in [0, 0.1) is 12.7 Å². The molecule has 6 heteroatoms. The van der Waals surface area contributed by atoms with Crippen LogP contribution >= 0.6 is 0 Å². The second kappa shape index (κ2) is 5.32. The second-order valence-corrected chi connectivity index (χ2v) is 4.51. The van der Waals surface area contributed by atoms with E-state index in [1.165, 1.54) is 19.2 Å². The van der Waals surface area contributed by atoms with Crippen LogP contribution in [0.3, 0.4) is 0 Å². The van der Waals surface area contributed by atoms with Gasteiger partial charge >= 0.3 is 0 Å². The predicted octanol–water partition coefficient (Wildman–Crippen LogP) is 2.49. The summed E-state index contributed by atoms with van der Waals surface area (Å²) in [6.45, 7) is 1.62. The van der Waals surface area contributed by atoms with Crippen LogP contribution in [-0.2, 0) is 0 Å². The Kier molecular flexibility index (Phi) is 3.71. The van der Waals surface area contributed by atoms with Crippen molar-refractivity contribution in [3.05, 3.63) is 46.8 Å². The number of phenols is 3. The molecule has 0 fully saturated rings. The smallest absolute Gasteiger partial charge is 0.207 e. The summed E-state index contributed by atoms with van der Waals surface area (Å²) in [5, 5.41) is 29.0. The highest BCUT2D eigenvalue weighted by atomic mass is 19.1. The van der Waals surface area contributed by atoms with E-state index < -0.39 is 40.0 Å². The Morgan fingerprint density at radius 1 is 1.05 bits per heavy atom. The summed E-state index contributed by atoms with van der Waals surface area (Å²) < 4.78 is 18.8. The van der Waals surface area contributed by atoms with Crippen LogP contribution in [0.1, 0.15) is 21.5 Å². The van der Waals surface area contributed by atoms with E-state index >= 15 is 0 Å². The van der Waals surface area contributed by atoms with Crippen LogP contribution in [0.15, 0.2) is 24.3 Å². The highest BCUT2D eigenvalue weighted by Crippen LogP contribution is 2.35. The van der Waals surface area contributed by atoms with Gasteiger partial charge in [-0.15, -0.1) is 0 Å². The summed E-state index contributed by atoms with van der Waals surface area (Å²) >= 11 is 0. The van der Waals surface area contributed by atoms with Crippen molar-refractivity contribution < 1.29 is 29.2 Å². The Morgan fingerprint density at radius 3 is 2.14 bits per heavy atom. The molecule has 0 unspecified atom stereocenters. The molecule has 0 aliphatic carbocycles. The minimum Gasteiger partial charge on any atom is -0.508 e. The van der Waals surface area contributed by atoms with E-state index in [4.69, 9.17) is 4.74 Å². The molecule has 0 aliphatic rings. The molecule has 5 nitrogen and oxygen atoms in total. The zero-order chi connectivity index (χ0) is 15.7. The Balaban J connectivity index is 2.66. The van der Waals surface area contributed by atoms with Crippen molar-refractivity contribution in [1.29, 1.82) is 0 Å². The summed E-state index contributed by atoms with van der Waals surface area (Å²) in [6, 6.07) is 4.37. The number of aromatic hydroxyl groups is 3. The lowest BCUT2D eigenvalue weighted by Gasteiger charge is -2.12. The van der Waals surface area contributed by atoms with Gasteiger partial charge in [-0.05, 0) is 24.6 Å². The zero-order valence-corrected chi connectivity index (χ0v) is 11.3. The first-order valence-corrected chi connectivity index (χ1v) is 5.99. The molecule has 0 amide bonds. The van der Waals surface area contributed by atoms with Gasteiger partial charge in [0.1, 0.15) is 39.9 Å². The summed E-state index contributed by atoms with van der Waals surface area (Å²) in [6.07, 6.45) is 0.